The summed E-state index contributed by atoms with van der Waals surface area (Å²) in [5.41, 5.74) is -0.400. The van der Waals surface area contributed by atoms with Gasteiger partial charge in [0.15, 0.2) is 11.9 Å². The average Bonchev–Trinajstić information content (AvgIpc) is 3.55. The van der Waals surface area contributed by atoms with Gasteiger partial charge in [0, 0.05) is 30.8 Å². The minimum absolute atomic E-state index is 0.140. The molecule has 2 fully saturated rings. The van der Waals surface area contributed by atoms with Crippen LogP contribution in [-0.2, 0) is 9.59 Å². The highest BCUT2D eigenvalue weighted by Crippen LogP contribution is 2.29. The molecule has 0 radical (unpaired) electrons. The van der Waals surface area contributed by atoms with E-state index in [9.17, 15) is 43.2 Å². The first-order chi connectivity index (χ1) is 18.5. The fourth-order valence-electron chi connectivity index (χ4n) is 5.18. The third-order valence-electron chi connectivity index (χ3n) is 6.96. The second kappa shape index (κ2) is 11.6. The summed E-state index contributed by atoms with van der Waals surface area (Å²) in [6.07, 6.45) is 2.05. The largest absolute Gasteiger partial charge is 0.481 e. The molecule has 3 amide bonds. The van der Waals surface area contributed by atoms with Gasteiger partial charge in [-0.2, -0.15) is 0 Å². The molecule has 2 N–H and O–H groups in total. The zero-order valence-corrected chi connectivity index (χ0v) is 20.7. The number of halogens is 2. The summed E-state index contributed by atoms with van der Waals surface area (Å²) in [6, 6.07) is 3.37. The Kier molecular flexibility index (Phi) is 8.21. The van der Waals surface area contributed by atoms with E-state index in [1.807, 2.05) is 0 Å². The lowest BCUT2D eigenvalue weighted by molar-refractivity contribution is -0.402. The molecule has 2 aliphatic rings. The van der Waals surface area contributed by atoms with Crippen LogP contribution in [0, 0.1) is 27.7 Å². The van der Waals surface area contributed by atoms with Crippen LogP contribution in [0.3, 0.4) is 0 Å². The van der Waals surface area contributed by atoms with Crippen molar-refractivity contribution in [2.45, 2.75) is 50.7 Å². The number of rotatable bonds is 8. The molecular weight excluding hydrogens is 522 g/mol. The minimum atomic E-state index is -1.64. The van der Waals surface area contributed by atoms with E-state index < -0.39 is 69.7 Å². The average molecular weight is 548 g/mol. The van der Waals surface area contributed by atoms with Crippen molar-refractivity contribution in [1.82, 2.24) is 15.1 Å². The quantitative estimate of drug-likeness (QED) is 0.376. The van der Waals surface area contributed by atoms with Crippen molar-refractivity contribution in [3.05, 3.63) is 63.4 Å². The second-order valence-electron chi connectivity index (χ2n) is 9.53. The third kappa shape index (κ3) is 6.21. The van der Waals surface area contributed by atoms with Gasteiger partial charge in [-0.1, -0.05) is 19.3 Å². The van der Waals surface area contributed by atoms with Crippen molar-refractivity contribution >= 4 is 29.6 Å². The van der Waals surface area contributed by atoms with Crippen LogP contribution in [0.15, 0.2) is 34.7 Å². The molecule has 1 aromatic carbocycles. The third-order valence-corrected chi connectivity index (χ3v) is 6.96. The predicted molar refractivity (Wildman–Crippen MR) is 128 cm³/mol. The molecule has 1 aliphatic carbocycles. The highest BCUT2D eigenvalue weighted by molar-refractivity contribution is 6.01. The molecule has 1 aromatic heterocycles. The van der Waals surface area contributed by atoms with Crippen molar-refractivity contribution in [3.8, 4) is 0 Å². The summed E-state index contributed by atoms with van der Waals surface area (Å²) >= 11 is 0. The first-order valence-corrected chi connectivity index (χ1v) is 12.4. The number of nitrogens with one attached hydrogen (secondary N) is 1. The number of carbonyl (C=O) groups is 4. The van der Waals surface area contributed by atoms with Crippen molar-refractivity contribution in [2.24, 2.45) is 5.92 Å². The number of carbonyl (C=O) groups excluding carboxylic acids is 3. The first kappa shape index (κ1) is 27.7. The Morgan fingerprint density at radius 3 is 2.21 bits per heavy atom. The molecule has 208 valence electrons. The van der Waals surface area contributed by atoms with Gasteiger partial charge in [-0.15, -0.1) is 0 Å². The van der Waals surface area contributed by atoms with E-state index in [4.69, 9.17) is 4.42 Å². The first-order valence-electron chi connectivity index (χ1n) is 12.4. The summed E-state index contributed by atoms with van der Waals surface area (Å²) in [5.74, 6) is -7.24. The molecule has 1 saturated carbocycles. The maximum atomic E-state index is 13.8. The van der Waals surface area contributed by atoms with Crippen molar-refractivity contribution in [3.63, 3.8) is 0 Å². The number of carboxylic acid groups (broad SMARTS) is 1. The van der Waals surface area contributed by atoms with Crippen molar-refractivity contribution in [2.75, 3.05) is 13.1 Å². The summed E-state index contributed by atoms with van der Waals surface area (Å²) in [7, 11) is 0. The van der Waals surface area contributed by atoms with Gasteiger partial charge in [-0.05, 0) is 37.0 Å². The summed E-state index contributed by atoms with van der Waals surface area (Å²) in [5, 5.41) is 23.1. The van der Waals surface area contributed by atoms with Crippen molar-refractivity contribution in [1.29, 1.82) is 0 Å². The number of hydrogen-bond donors (Lipinski definition) is 2. The number of nitrogens with zero attached hydrogens (tertiary/aromatic N) is 3. The SMILES string of the molecule is O=C(O)CC(NC(=O)C1N(C(=O)c2cc(F)cc(F)c2)CCN1C(=O)c1ccc([N+](=O)[O-])o1)C1CCCCC1. The molecule has 2 heterocycles. The molecule has 14 heteroatoms. The molecule has 4 rings (SSSR count). The lowest BCUT2D eigenvalue weighted by Gasteiger charge is -2.34. The predicted octanol–water partition coefficient (Wildman–Crippen LogP) is 2.93. The van der Waals surface area contributed by atoms with Crippen LogP contribution in [-0.4, -0.2) is 68.8 Å². The maximum absolute atomic E-state index is 13.8. The molecule has 39 heavy (non-hydrogen) atoms. The minimum Gasteiger partial charge on any atom is -0.481 e. The number of benzene rings is 1. The number of nitro groups is 1. The van der Waals surface area contributed by atoms with Gasteiger partial charge in [0.1, 0.15) is 16.6 Å². The van der Waals surface area contributed by atoms with Crippen molar-refractivity contribution < 1.29 is 42.4 Å². The Labute approximate surface area is 220 Å². The molecule has 1 saturated heterocycles. The van der Waals surface area contributed by atoms with E-state index in [0.29, 0.717) is 18.9 Å². The Hall–Kier alpha value is -4.36. The van der Waals surface area contributed by atoms with Gasteiger partial charge in [0.25, 0.3) is 17.7 Å². The molecule has 12 nitrogen and oxygen atoms in total. The number of hydrogen-bond acceptors (Lipinski definition) is 7. The maximum Gasteiger partial charge on any atom is 0.433 e. The molecule has 2 unspecified atom stereocenters. The molecule has 2 aromatic rings. The number of amides is 3. The lowest BCUT2D eigenvalue weighted by atomic mass is 9.82. The number of furan rings is 1. The summed E-state index contributed by atoms with van der Waals surface area (Å²) in [6.45, 7) is -0.418. The number of carboxylic acids is 1. The molecule has 2 atom stereocenters. The normalized spacial score (nSPS) is 18.6. The van der Waals surface area contributed by atoms with Gasteiger partial charge in [-0.3, -0.25) is 29.3 Å². The Morgan fingerprint density at radius 1 is 1.03 bits per heavy atom. The second-order valence-corrected chi connectivity index (χ2v) is 9.53. The fourth-order valence-corrected chi connectivity index (χ4v) is 5.18. The van der Waals surface area contributed by atoms with Gasteiger partial charge in [0.2, 0.25) is 0 Å². The zero-order chi connectivity index (χ0) is 28.3. The molecule has 1 aliphatic heterocycles. The van der Waals surface area contributed by atoms with E-state index in [2.05, 4.69) is 5.32 Å². The summed E-state index contributed by atoms with van der Waals surface area (Å²) < 4.78 is 32.7. The standard InChI is InChI=1S/C25H26F2N4O8/c26-16-10-15(11-17(27)12-16)24(35)29-8-9-30(25(36)19-6-7-20(39-19)31(37)38)23(29)22(34)28-18(13-21(32)33)14-4-2-1-3-5-14/h6-7,10-12,14,18,23H,1-5,8-9,13H2,(H,28,34)(H,32,33). The monoisotopic (exact) mass is 548 g/mol. The van der Waals surface area contributed by atoms with Crippen LogP contribution < -0.4 is 5.32 Å². The van der Waals surface area contributed by atoms with Gasteiger partial charge in [0.05, 0.1) is 12.5 Å². The van der Waals surface area contributed by atoms with E-state index in [1.54, 1.807) is 0 Å². The smallest absolute Gasteiger partial charge is 0.433 e. The van der Waals surface area contributed by atoms with Crippen LogP contribution >= 0.6 is 0 Å². The van der Waals surface area contributed by atoms with Gasteiger partial charge >= 0.3 is 11.9 Å². The number of aliphatic carboxylic acids is 1. The zero-order valence-electron chi connectivity index (χ0n) is 20.7. The van der Waals surface area contributed by atoms with Gasteiger partial charge < -0.3 is 24.6 Å². The topological polar surface area (TPSA) is 163 Å². The van der Waals surface area contributed by atoms with E-state index in [-0.39, 0.29) is 25.4 Å². The van der Waals surface area contributed by atoms with Crippen LogP contribution in [0.5, 0.6) is 0 Å². The van der Waals surface area contributed by atoms with Crippen LogP contribution in [0.2, 0.25) is 0 Å². The lowest BCUT2D eigenvalue weighted by Crippen LogP contribution is -2.56. The van der Waals surface area contributed by atoms with Crippen LogP contribution in [0.4, 0.5) is 14.7 Å². The molecule has 0 bridgehead atoms. The molecular formula is C25H26F2N4O8. The Morgan fingerprint density at radius 2 is 1.64 bits per heavy atom. The van der Waals surface area contributed by atoms with Crippen LogP contribution in [0.1, 0.15) is 59.4 Å². The molecule has 0 spiro atoms. The Balaban J connectivity index is 1.66. The summed E-state index contributed by atoms with van der Waals surface area (Å²) in [4.78, 5) is 63.8. The Bertz CT molecular complexity index is 1270. The van der Waals surface area contributed by atoms with E-state index in [1.165, 1.54) is 0 Å². The van der Waals surface area contributed by atoms with E-state index in [0.717, 1.165) is 53.3 Å². The van der Waals surface area contributed by atoms with Crippen LogP contribution in [0.25, 0.3) is 0 Å². The van der Waals surface area contributed by atoms with Gasteiger partial charge in [-0.25, -0.2) is 8.78 Å². The van der Waals surface area contributed by atoms with E-state index >= 15 is 0 Å². The highest BCUT2D eigenvalue weighted by Gasteiger charge is 2.45. The fraction of sp³-hybridized carbons (Fsp3) is 0.440. The highest BCUT2D eigenvalue weighted by atomic mass is 19.1.